The minimum absolute atomic E-state index is 0.257. The number of aromatic nitrogens is 2. The van der Waals surface area contributed by atoms with Gasteiger partial charge >= 0.3 is 0 Å². The number of benzene rings is 1. The summed E-state index contributed by atoms with van der Waals surface area (Å²) < 4.78 is 6.91. The van der Waals surface area contributed by atoms with E-state index >= 15 is 0 Å². The molecule has 2 aromatic rings. The summed E-state index contributed by atoms with van der Waals surface area (Å²) in [5.74, 6) is 0.00458. The van der Waals surface area contributed by atoms with Crippen LogP contribution in [0.5, 0.6) is 5.88 Å². The zero-order valence-electron chi connectivity index (χ0n) is 10.5. The van der Waals surface area contributed by atoms with Crippen molar-refractivity contribution in [3.63, 3.8) is 0 Å². The van der Waals surface area contributed by atoms with Crippen molar-refractivity contribution in [2.24, 2.45) is 5.73 Å². The molecule has 1 amide bonds. The topological polar surface area (TPSA) is 70.1 Å². The van der Waals surface area contributed by atoms with Gasteiger partial charge in [-0.1, -0.05) is 19.1 Å². The van der Waals surface area contributed by atoms with Crippen LogP contribution in [0.25, 0.3) is 0 Å². The molecule has 0 atom stereocenters. The number of primary amides is 1. The first-order valence-electron chi connectivity index (χ1n) is 5.90. The van der Waals surface area contributed by atoms with Crippen LogP contribution in [0.3, 0.4) is 0 Å². The summed E-state index contributed by atoms with van der Waals surface area (Å²) in [7, 11) is 0. The Kier molecular flexibility index (Phi) is 4.11. The third-order valence-corrected chi connectivity index (χ3v) is 3.06. The van der Waals surface area contributed by atoms with E-state index in [2.05, 4.69) is 17.9 Å². The van der Waals surface area contributed by atoms with Crippen molar-refractivity contribution in [1.29, 1.82) is 0 Å². The van der Waals surface area contributed by atoms with Crippen molar-refractivity contribution in [3.8, 4) is 5.88 Å². The van der Waals surface area contributed by atoms with Gasteiger partial charge in [0.1, 0.15) is 6.61 Å². The van der Waals surface area contributed by atoms with Crippen LogP contribution in [-0.4, -0.2) is 15.1 Å². The van der Waals surface area contributed by atoms with E-state index in [1.165, 1.54) is 4.09 Å². The summed E-state index contributed by atoms with van der Waals surface area (Å²) in [4.78, 5) is 11.4. The normalized spacial score (nSPS) is 10.4. The molecular weight excluding hydrogens is 262 g/mol. The zero-order chi connectivity index (χ0) is 13.8. The second-order valence-corrected chi connectivity index (χ2v) is 4.43. The Bertz CT molecular complexity index is 595. The van der Waals surface area contributed by atoms with Gasteiger partial charge in [0.15, 0.2) is 0 Å². The van der Waals surface area contributed by atoms with E-state index in [4.69, 9.17) is 10.5 Å². The maximum Gasteiger partial charge on any atom is 0.249 e. The predicted octanol–water partition coefficient (Wildman–Crippen LogP) is 1.82. The number of ether oxygens (including phenoxy) is 1. The molecule has 5 nitrogen and oxygen atoms in total. The van der Waals surface area contributed by atoms with Gasteiger partial charge in [-0.15, -0.1) is 5.10 Å². The number of carbonyl (C=O) groups is 1. The third-order valence-electron chi connectivity index (χ3n) is 2.84. The molecule has 19 heavy (non-hydrogen) atoms. The summed E-state index contributed by atoms with van der Waals surface area (Å²) in [5, 5.41) is 4.00. The van der Waals surface area contributed by atoms with Crippen LogP contribution in [-0.2, 0) is 13.0 Å². The van der Waals surface area contributed by atoms with Crippen molar-refractivity contribution < 1.29 is 9.53 Å². The van der Waals surface area contributed by atoms with Gasteiger partial charge in [-0.3, -0.25) is 4.79 Å². The Balaban J connectivity index is 2.25. The Morgan fingerprint density at radius 3 is 2.84 bits per heavy atom. The molecule has 0 fully saturated rings. The number of amides is 1. The highest BCUT2D eigenvalue weighted by Gasteiger charge is 2.12. The molecular formula is C13H15N3O2S. The van der Waals surface area contributed by atoms with Crippen LogP contribution >= 0.6 is 12.8 Å². The fraction of sp³-hybridized carbons (Fsp3) is 0.231. The van der Waals surface area contributed by atoms with E-state index < -0.39 is 5.91 Å². The Morgan fingerprint density at radius 2 is 2.26 bits per heavy atom. The molecule has 0 aliphatic rings. The van der Waals surface area contributed by atoms with Gasteiger partial charge in [0, 0.05) is 23.4 Å². The molecule has 100 valence electrons. The highest BCUT2D eigenvalue weighted by atomic mass is 32.1. The highest BCUT2D eigenvalue weighted by Crippen LogP contribution is 2.18. The molecule has 0 unspecified atom stereocenters. The zero-order valence-corrected chi connectivity index (χ0v) is 11.4. The van der Waals surface area contributed by atoms with E-state index in [1.807, 2.05) is 19.1 Å². The van der Waals surface area contributed by atoms with Crippen molar-refractivity contribution in [1.82, 2.24) is 9.19 Å². The van der Waals surface area contributed by atoms with Crippen LogP contribution in [0.2, 0.25) is 0 Å². The lowest BCUT2D eigenvalue weighted by Crippen LogP contribution is -2.16. The molecule has 0 aliphatic carbocycles. The molecule has 0 bridgehead atoms. The largest absolute Gasteiger partial charge is 0.472 e. The van der Waals surface area contributed by atoms with Gasteiger partial charge in [-0.2, -0.15) is 0 Å². The first kappa shape index (κ1) is 13.5. The molecule has 1 heterocycles. The number of thiol groups is 1. The molecule has 0 saturated heterocycles. The van der Waals surface area contributed by atoms with E-state index in [-0.39, 0.29) is 6.61 Å². The molecule has 0 spiro atoms. The van der Waals surface area contributed by atoms with Crippen LogP contribution in [0.4, 0.5) is 0 Å². The lowest BCUT2D eigenvalue weighted by Gasteiger charge is -2.12. The fourth-order valence-corrected chi connectivity index (χ4v) is 2.04. The summed E-state index contributed by atoms with van der Waals surface area (Å²) >= 11 is 4.03. The van der Waals surface area contributed by atoms with Gasteiger partial charge in [-0.05, 0) is 30.9 Å². The maximum atomic E-state index is 11.4. The predicted molar refractivity (Wildman–Crippen MR) is 75.3 cm³/mol. The average Bonchev–Trinajstić information content (AvgIpc) is 2.81. The molecule has 0 aliphatic heterocycles. The first-order chi connectivity index (χ1) is 9.11. The maximum absolute atomic E-state index is 11.4. The molecule has 0 radical (unpaired) electrons. The number of rotatable bonds is 5. The molecule has 2 N–H and O–H groups in total. The Hall–Kier alpha value is -1.95. The van der Waals surface area contributed by atoms with Gasteiger partial charge < -0.3 is 10.5 Å². The standard InChI is InChI=1S/C13H15N3O2S/c1-2-9-4-3-5-10(13(14)17)11(9)8-18-12-6-7-16(19)15-12/h3-7,19H,2,8H2,1H3,(H2,14,17). The van der Waals surface area contributed by atoms with Gasteiger partial charge in [0.25, 0.3) is 0 Å². The van der Waals surface area contributed by atoms with Crippen molar-refractivity contribution in [3.05, 3.63) is 47.2 Å². The smallest absolute Gasteiger partial charge is 0.249 e. The monoisotopic (exact) mass is 277 g/mol. The third kappa shape index (κ3) is 3.08. The lowest BCUT2D eigenvalue weighted by atomic mass is 9.99. The van der Waals surface area contributed by atoms with Crippen LogP contribution in [0, 0.1) is 0 Å². The van der Waals surface area contributed by atoms with Crippen molar-refractivity contribution >= 4 is 18.7 Å². The minimum Gasteiger partial charge on any atom is -0.472 e. The van der Waals surface area contributed by atoms with Crippen molar-refractivity contribution in [2.45, 2.75) is 20.0 Å². The van der Waals surface area contributed by atoms with Gasteiger partial charge in [-0.25, -0.2) is 4.09 Å². The first-order valence-corrected chi connectivity index (χ1v) is 6.30. The van der Waals surface area contributed by atoms with E-state index in [1.54, 1.807) is 18.3 Å². The summed E-state index contributed by atoms with van der Waals surface area (Å²) in [5.41, 5.74) is 7.73. The quantitative estimate of drug-likeness (QED) is 0.819. The van der Waals surface area contributed by atoms with Crippen LogP contribution in [0.1, 0.15) is 28.4 Å². The van der Waals surface area contributed by atoms with Crippen LogP contribution in [0.15, 0.2) is 30.5 Å². The SMILES string of the molecule is CCc1cccc(C(N)=O)c1COc1ccn(S)n1. The average molecular weight is 277 g/mol. The second kappa shape index (κ2) is 5.79. The number of nitrogens with two attached hydrogens (primary N) is 1. The molecule has 6 heteroatoms. The summed E-state index contributed by atoms with van der Waals surface area (Å²) in [6.45, 7) is 2.28. The molecule has 2 rings (SSSR count). The summed E-state index contributed by atoms with van der Waals surface area (Å²) in [6, 6.07) is 7.19. The Labute approximate surface area is 116 Å². The number of hydrogen-bond acceptors (Lipinski definition) is 4. The number of nitrogens with zero attached hydrogens (tertiary/aromatic N) is 2. The number of aryl methyl sites for hydroxylation is 1. The van der Waals surface area contributed by atoms with E-state index in [0.29, 0.717) is 11.4 Å². The minimum atomic E-state index is -0.450. The van der Waals surface area contributed by atoms with Crippen molar-refractivity contribution in [2.75, 3.05) is 0 Å². The van der Waals surface area contributed by atoms with Gasteiger partial charge in [0.05, 0.1) is 0 Å². The fourth-order valence-electron chi connectivity index (χ4n) is 1.89. The lowest BCUT2D eigenvalue weighted by molar-refractivity contribution is 0.0997. The van der Waals surface area contributed by atoms with Crippen LogP contribution < -0.4 is 10.5 Å². The van der Waals surface area contributed by atoms with E-state index in [0.717, 1.165) is 17.5 Å². The summed E-state index contributed by atoms with van der Waals surface area (Å²) in [6.07, 6.45) is 2.47. The number of carbonyl (C=O) groups excluding carboxylic acids is 1. The second-order valence-electron chi connectivity index (χ2n) is 4.02. The van der Waals surface area contributed by atoms with E-state index in [9.17, 15) is 4.79 Å². The number of hydrogen-bond donors (Lipinski definition) is 2. The van der Waals surface area contributed by atoms with Gasteiger partial charge in [0.2, 0.25) is 11.8 Å². The molecule has 1 aromatic carbocycles. The molecule has 1 aromatic heterocycles. The Morgan fingerprint density at radius 1 is 1.47 bits per heavy atom. The molecule has 0 saturated carbocycles. The highest BCUT2D eigenvalue weighted by molar-refractivity contribution is 7.78.